The molecule has 0 atom stereocenters. The van der Waals surface area contributed by atoms with Crippen LogP contribution >= 0.6 is 11.3 Å². The van der Waals surface area contributed by atoms with Crippen LogP contribution in [0.25, 0.3) is 0 Å². The maximum absolute atomic E-state index is 5.69. The molecule has 3 nitrogen and oxygen atoms in total. The first-order valence-corrected chi connectivity index (χ1v) is 6.73. The summed E-state index contributed by atoms with van der Waals surface area (Å²) in [5, 5.41) is 2.01. The molecule has 1 heterocycles. The van der Waals surface area contributed by atoms with Crippen molar-refractivity contribution >= 4 is 11.3 Å². The molecule has 0 fully saturated rings. The van der Waals surface area contributed by atoms with Crippen molar-refractivity contribution in [3.8, 4) is 23.3 Å². The van der Waals surface area contributed by atoms with Gasteiger partial charge in [0.1, 0.15) is 18.1 Å². The largest absolute Gasteiger partial charge is 0.497 e. The first kappa shape index (κ1) is 13.5. The lowest BCUT2D eigenvalue weighted by molar-refractivity contribution is 0.309. The summed E-state index contributed by atoms with van der Waals surface area (Å²) in [6.45, 7) is 0.925. The average Bonchev–Trinajstić information content (AvgIpc) is 2.91. The summed E-state index contributed by atoms with van der Waals surface area (Å²) in [5.74, 6) is 7.48. The predicted octanol–water partition coefficient (Wildman–Crippen LogP) is 2.65. The first-order chi connectivity index (χ1) is 9.31. The molecule has 0 bridgehead atoms. The molecule has 2 rings (SSSR count). The number of nitrogens with two attached hydrogens (primary N) is 1. The van der Waals surface area contributed by atoms with E-state index in [-0.39, 0.29) is 0 Å². The lowest BCUT2D eigenvalue weighted by atomic mass is 10.3. The summed E-state index contributed by atoms with van der Waals surface area (Å²) in [4.78, 5) is 1.14. The minimum atomic E-state index is 0.382. The van der Waals surface area contributed by atoms with E-state index >= 15 is 0 Å². The van der Waals surface area contributed by atoms with Crippen LogP contribution in [0.4, 0.5) is 0 Å². The number of hydrogen-bond donors (Lipinski definition) is 1. The van der Waals surface area contributed by atoms with Crippen molar-refractivity contribution in [3.63, 3.8) is 0 Å². The summed E-state index contributed by atoms with van der Waals surface area (Å²) < 4.78 is 10.8. The van der Waals surface area contributed by atoms with Gasteiger partial charge in [0, 0.05) is 15.8 Å². The van der Waals surface area contributed by atoms with Gasteiger partial charge >= 0.3 is 0 Å². The molecule has 2 N–H and O–H groups in total. The second kappa shape index (κ2) is 6.83. The van der Waals surface area contributed by atoms with Crippen LogP contribution in [0.2, 0.25) is 0 Å². The van der Waals surface area contributed by atoms with Gasteiger partial charge < -0.3 is 15.2 Å². The maximum atomic E-state index is 5.69. The lowest BCUT2D eigenvalue weighted by Gasteiger charge is -2.05. The van der Waals surface area contributed by atoms with Gasteiger partial charge in [0.15, 0.2) is 0 Å². The number of methoxy groups -OCH3 is 1. The zero-order chi connectivity index (χ0) is 13.5. The highest BCUT2D eigenvalue weighted by Crippen LogP contribution is 2.20. The van der Waals surface area contributed by atoms with E-state index in [1.165, 1.54) is 0 Å². The Hall–Kier alpha value is -1.96. The molecule has 0 aliphatic rings. The van der Waals surface area contributed by atoms with Crippen LogP contribution in [-0.2, 0) is 6.61 Å². The summed E-state index contributed by atoms with van der Waals surface area (Å²) in [7, 11) is 1.64. The first-order valence-electron chi connectivity index (χ1n) is 5.85. The lowest BCUT2D eigenvalue weighted by Crippen LogP contribution is -1.93. The molecule has 0 saturated carbocycles. The summed E-state index contributed by atoms with van der Waals surface area (Å²) in [6, 6.07) is 9.56. The quantitative estimate of drug-likeness (QED) is 0.871. The minimum absolute atomic E-state index is 0.382. The molecule has 0 radical (unpaired) electrons. The van der Waals surface area contributed by atoms with Crippen LogP contribution in [-0.4, -0.2) is 13.7 Å². The van der Waals surface area contributed by atoms with Gasteiger partial charge in [0.25, 0.3) is 0 Å². The Kier molecular flexibility index (Phi) is 4.85. The highest BCUT2D eigenvalue weighted by Gasteiger charge is 2.00. The Balaban J connectivity index is 1.92. The van der Waals surface area contributed by atoms with Crippen LogP contribution in [0.5, 0.6) is 11.5 Å². The zero-order valence-electron chi connectivity index (χ0n) is 10.7. The highest BCUT2D eigenvalue weighted by molar-refractivity contribution is 7.10. The van der Waals surface area contributed by atoms with Crippen LogP contribution < -0.4 is 15.2 Å². The number of benzene rings is 1. The van der Waals surface area contributed by atoms with Crippen molar-refractivity contribution in [2.45, 2.75) is 6.61 Å². The van der Waals surface area contributed by atoms with Crippen molar-refractivity contribution in [2.24, 2.45) is 5.73 Å². The number of rotatable bonds is 4. The average molecular weight is 273 g/mol. The van der Waals surface area contributed by atoms with Crippen molar-refractivity contribution in [3.05, 3.63) is 46.2 Å². The van der Waals surface area contributed by atoms with Gasteiger partial charge in [0.2, 0.25) is 0 Å². The Morgan fingerprint density at radius 1 is 1.21 bits per heavy atom. The highest BCUT2D eigenvalue weighted by atomic mass is 32.1. The smallest absolute Gasteiger partial charge is 0.122 e. The van der Waals surface area contributed by atoms with E-state index in [1.807, 2.05) is 35.7 Å². The van der Waals surface area contributed by atoms with E-state index in [1.54, 1.807) is 18.4 Å². The molecule has 0 aliphatic carbocycles. The predicted molar refractivity (Wildman–Crippen MR) is 77.6 cm³/mol. The Labute approximate surface area is 117 Å². The van der Waals surface area contributed by atoms with E-state index in [0.717, 1.165) is 21.9 Å². The summed E-state index contributed by atoms with van der Waals surface area (Å²) in [6.07, 6.45) is 0. The van der Waals surface area contributed by atoms with Crippen molar-refractivity contribution in [1.82, 2.24) is 0 Å². The van der Waals surface area contributed by atoms with E-state index in [0.29, 0.717) is 13.2 Å². The van der Waals surface area contributed by atoms with Gasteiger partial charge in [-0.25, -0.2) is 0 Å². The number of thiophene rings is 1. The van der Waals surface area contributed by atoms with Gasteiger partial charge in [-0.3, -0.25) is 0 Å². The van der Waals surface area contributed by atoms with Crippen molar-refractivity contribution in [1.29, 1.82) is 0 Å². The van der Waals surface area contributed by atoms with Gasteiger partial charge in [-0.1, -0.05) is 11.8 Å². The van der Waals surface area contributed by atoms with Crippen molar-refractivity contribution < 1.29 is 9.47 Å². The van der Waals surface area contributed by atoms with E-state index < -0.39 is 0 Å². The molecule has 0 amide bonds. The third-order valence-corrected chi connectivity index (χ3v) is 3.34. The monoisotopic (exact) mass is 273 g/mol. The van der Waals surface area contributed by atoms with Crippen LogP contribution in [0, 0.1) is 11.8 Å². The van der Waals surface area contributed by atoms with E-state index in [9.17, 15) is 0 Å². The fraction of sp³-hybridized carbons (Fsp3) is 0.200. The van der Waals surface area contributed by atoms with Crippen LogP contribution in [0.15, 0.2) is 35.7 Å². The standard InChI is InChI=1S/C15H15NO2S/c1-17-13-4-6-14(7-5-13)18-10-15-9-12(11-19-15)3-2-8-16/h4-7,9,11H,8,10,16H2,1H3. The molecule has 0 unspecified atom stereocenters. The van der Waals surface area contributed by atoms with Gasteiger partial charge in [0.05, 0.1) is 13.7 Å². The number of hydrogen-bond acceptors (Lipinski definition) is 4. The topological polar surface area (TPSA) is 44.5 Å². The molecule has 2 aromatic rings. The molecule has 0 saturated heterocycles. The fourth-order valence-corrected chi connectivity index (χ4v) is 2.23. The molecule has 0 spiro atoms. The van der Waals surface area contributed by atoms with Crippen LogP contribution in [0.3, 0.4) is 0 Å². The molecule has 0 aliphatic heterocycles. The van der Waals surface area contributed by atoms with Crippen LogP contribution in [0.1, 0.15) is 10.4 Å². The summed E-state index contributed by atoms with van der Waals surface area (Å²) in [5.41, 5.74) is 6.33. The third-order valence-electron chi connectivity index (χ3n) is 2.43. The van der Waals surface area contributed by atoms with Gasteiger partial charge in [-0.15, -0.1) is 11.3 Å². The molecule has 98 valence electrons. The maximum Gasteiger partial charge on any atom is 0.122 e. The second-order valence-corrected chi connectivity index (χ2v) is 4.77. The van der Waals surface area contributed by atoms with E-state index in [4.69, 9.17) is 15.2 Å². The number of ether oxygens (including phenoxy) is 2. The normalized spacial score (nSPS) is 9.58. The molecular formula is C15H15NO2S. The molecular weight excluding hydrogens is 258 g/mol. The summed E-state index contributed by atoms with van der Waals surface area (Å²) >= 11 is 1.63. The Morgan fingerprint density at radius 2 is 1.95 bits per heavy atom. The van der Waals surface area contributed by atoms with E-state index in [2.05, 4.69) is 11.8 Å². The minimum Gasteiger partial charge on any atom is -0.497 e. The Morgan fingerprint density at radius 3 is 2.63 bits per heavy atom. The zero-order valence-corrected chi connectivity index (χ0v) is 11.5. The van der Waals surface area contributed by atoms with Gasteiger partial charge in [-0.05, 0) is 30.3 Å². The third kappa shape index (κ3) is 4.02. The second-order valence-electron chi connectivity index (χ2n) is 3.77. The van der Waals surface area contributed by atoms with Crippen molar-refractivity contribution in [2.75, 3.05) is 13.7 Å². The molecule has 19 heavy (non-hydrogen) atoms. The Bertz CT molecular complexity index is 578. The molecule has 1 aromatic heterocycles. The molecule has 4 heteroatoms. The SMILES string of the molecule is COc1ccc(OCc2cc(C#CCN)cs2)cc1. The molecule has 1 aromatic carbocycles. The fourth-order valence-electron chi connectivity index (χ4n) is 1.50. The van der Waals surface area contributed by atoms with Gasteiger partial charge in [-0.2, -0.15) is 0 Å².